The van der Waals surface area contributed by atoms with Gasteiger partial charge in [-0.05, 0) is 0 Å². The van der Waals surface area contributed by atoms with Gasteiger partial charge in [-0.2, -0.15) is 0 Å². The standard InChI is InChI=1S/C11H10NO2.C10H8NO.C9H4Cl2N.2C9H6N.15CH3.5Sn/c1-13-9-6-5-8-4-3-7-12-10(8)11(9)14-2;1-12-9-5-4-8-3-2-6-11-10(8)7-9;10-7-4-6-2-1-3-12-9(6)5-8(7)11;2*1-2-4-9-7-10-6-5-8(9)3-1;;;;;;;;;;;;;;;;;;;;/h4-7H,1-2H3;3-7H,1H3;2-5H;1-4,6-7H;1-5,7H;15*1H3;;;;;. The van der Waals surface area contributed by atoms with E-state index >= 15 is 0 Å². The molecular weight excluding hydrogens is 1540 g/mol. The van der Waals surface area contributed by atoms with E-state index in [1.54, 1.807) is 21.3 Å². The number of benzene rings is 5. The number of nitrogens with zero attached hydrogens (tertiary/aromatic N) is 5. The Morgan fingerprint density at radius 1 is 0.372 bits per heavy atom. The number of pyridine rings is 5. The van der Waals surface area contributed by atoms with Crippen molar-refractivity contribution < 1.29 is 14.2 Å². The van der Waals surface area contributed by atoms with Crippen LogP contribution in [0.3, 0.4) is 0 Å². The molecule has 78 heavy (non-hydrogen) atoms. The van der Waals surface area contributed by atoms with Crippen molar-refractivity contribution in [2.45, 2.75) is 74.1 Å². The molecule has 8 nitrogen and oxygen atoms in total. The summed E-state index contributed by atoms with van der Waals surface area (Å²) in [5.74, 6) is 2.31. The number of hydrogen-bond donors (Lipinski definition) is 0. The first-order chi connectivity index (χ1) is 36.5. The van der Waals surface area contributed by atoms with E-state index in [1.165, 1.54) is 45.0 Å². The van der Waals surface area contributed by atoms with E-state index in [0.717, 1.165) is 38.8 Å². The maximum absolute atomic E-state index is 6.01. The van der Waals surface area contributed by atoms with Crippen LogP contribution in [0, 0.1) is 0 Å². The number of fused-ring (bicyclic) bond motifs is 5. The van der Waals surface area contributed by atoms with Crippen LogP contribution in [-0.2, 0) is 0 Å². The molecule has 0 N–H and O–H groups in total. The molecule has 15 heteroatoms. The average molecular weight is 1620 g/mol. The Bertz CT molecular complexity index is 3670. The fourth-order valence-corrected chi connectivity index (χ4v) is 24.8. The van der Waals surface area contributed by atoms with E-state index < -0.39 is 91.9 Å². The zero-order valence-corrected chi connectivity index (χ0v) is 64.9. The Kier molecular flexibility index (Phi) is 22.6. The first-order valence-corrected chi connectivity index (χ1v) is 77.1. The van der Waals surface area contributed by atoms with E-state index in [0.29, 0.717) is 15.8 Å². The molecule has 5 heterocycles. The van der Waals surface area contributed by atoms with Gasteiger partial charge in [0.25, 0.3) is 0 Å². The molecule has 0 unspecified atom stereocenters. The second kappa shape index (κ2) is 27.5. The van der Waals surface area contributed by atoms with Gasteiger partial charge in [0, 0.05) is 0 Å². The monoisotopic (exact) mass is 1620 g/mol. The zero-order valence-electron chi connectivity index (χ0n) is 49.2. The van der Waals surface area contributed by atoms with Crippen molar-refractivity contribution in [1.82, 2.24) is 24.9 Å². The van der Waals surface area contributed by atoms with Gasteiger partial charge in [-0.3, -0.25) is 0 Å². The van der Waals surface area contributed by atoms with Crippen LogP contribution >= 0.6 is 23.2 Å². The Hall–Kier alpha value is -2.88. The molecule has 0 aliphatic heterocycles. The Morgan fingerprint density at radius 2 is 0.897 bits per heavy atom. The van der Waals surface area contributed by atoms with Crippen molar-refractivity contribution in [3.63, 3.8) is 0 Å². The minimum atomic E-state index is -2.06. The molecule has 408 valence electrons. The van der Waals surface area contributed by atoms with Gasteiger partial charge in [-0.25, -0.2) is 0 Å². The number of methoxy groups -OCH3 is 3. The fourth-order valence-electron chi connectivity index (χ4n) is 8.30. The first-order valence-electron chi connectivity index (χ1n) is 26.4. The van der Waals surface area contributed by atoms with Crippen molar-refractivity contribution in [2.75, 3.05) is 21.3 Å². The Morgan fingerprint density at radius 3 is 1.46 bits per heavy atom. The molecule has 0 aliphatic carbocycles. The summed E-state index contributed by atoms with van der Waals surface area (Å²) in [6.45, 7) is 0. The summed E-state index contributed by atoms with van der Waals surface area (Å²) >= 11 is 1.92. The van der Waals surface area contributed by atoms with Gasteiger partial charge in [0.15, 0.2) is 0 Å². The normalized spacial score (nSPS) is 11.8. The molecule has 0 amide bonds. The average Bonchev–Trinajstić information content (AvgIpc) is 3.39. The molecule has 0 bridgehead atoms. The predicted octanol–water partition coefficient (Wildman–Crippen LogP) is 15.2. The first kappa shape index (κ1) is 64.3. The topological polar surface area (TPSA) is 92.1 Å². The third-order valence-corrected chi connectivity index (χ3v) is 42.1. The van der Waals surface area contributed by atoms with E-state index in [-0.39, 0.29) is 0 Å². The van der Waals surface area contributed by atoms with Crippen LogP contribution in [0.5, 0.6) is 17.2 Å². The Balaban J connectivity index is 0.000000158. The number of rotatable bonds is 8. The van der Waals surface area contributed by atoms with Crippen LogP contribution in [0.2, 0.25) is 84.1 Å². The van der Waals surface area contributed by atoms with Gasteiger partial charge in [0.05, 0.1) is 0 Å². The zero-order chi connectivity index (χ0) is 57.4. The van der Waals surface area contributed by atoms with Crippen LogP contribution in [0.25, 0.3) is 54.3 Å². The summed E-state index contributed by atoms with van der Waals surface area (Å²) in [6.07, 6.45) is 12.1. The molecule has 0 radical (unpaired) electrons. The Labute approximate surface area is 495 Å². The van der Waals surface area contributed by atoms with Gasteiger partial charge in [-0.15, -0.1) is 0 Å². The van der Waals surface area contributed by atoms with Crippen molar-refractivity contribution >= 4 is 187 Å². The molecular formula is C63H79Cl2N5O3Sn5. The van der Waals surface area contributed by atoms with Crippen molar-refractivity contribution in [3.05, 3.63) is 162 Å². The number of halogens is 2. The summed E-state index contributed by atoms with van der Waals surface area (Å²) in [6, 6.07) is 39.8. The summed E-state index contributed by atoms with van der Waals surface area (Å²) in [5, 5.41) is 9.82. The molecule has 10 aromatic rings. The van der Waals surface area contributed by atoms with Crippen LogP contribution in [0.15, 0.2) is 152 Å². The number of hydrogen-bond acceptors (Lipinski definition) is 8. The molecule has 5 aromatic carbocycles. The quantitative estimate of drug-likeness (QED) is 0.139. The molecule has 0 aliphatic rings. The van der Waals surface area contributed by atoms with Gasteiger partial charge in [0.2, 0.25) is 0 Å². The van der Waals surface area contributed by atoms with E-state index in [1.807, 2.05) is 67.4 Å². The summed E-state index contributed by atoms with van der Waals surface area (Å²) in [7, 11) is 4.97. The van der Waals surface area contributed by atoms with E-state index in [4.69, 9.17) is 37.4 Å². The molecule has 0 fully saturated rings. The van der Waals surface area contributed by atoms with Crippen LogP contribution in [-0.4, -0.2) is 138 Å². The molecule has 0 saturated carbocycles. The van der Waals surface area contributed by atoms with E-state index in [2.05, 4.69) is 184 Å². The minimum absolute atomic E-state index is 0.564. The third kappa shape index (κ3) is 17.6. The second-order valence-electron chi connectivity index (χ2n) is 24.6. The molecule has 5 aromatic heterocycles. The molecule has 10 rings (SSSR count). The van der Waals surface area contributed by atoms with Crippen LogP contribution in [0.1, 0.15) is 0 Å². The predicted molar refractivity (Wildman–Crippen MR) is 353 cm³/mol. The molecule has 0 saturated heterocycles. The van der Waals surface area contributed by atoms with Crippen molar-refractivity contribution in [3.8, 4) is 17.2 Å². The van der Waals surface area contributed by atoms with E-state index in [9.17, 15) is 0 Å². The third-order valence-electron chi connectivity index (χ3n) is 13.3. The van der Waals surface area contributed by atoms with Gasteiger partial charge in [0.1, 0.15) is 0 Å². The maximum atomic E-state index is 6.01. The summed E-state index contributed by atoms with van der Waals surface area (Å²) < 4.78 is 23.1. The molecule has 0 atom stereocenters. The summed E-state index contributed by atoms with van der Waals surface area (Å²) in [5.41, 5.74) is 2.79. The van der Waals surface area contributed by atoms with Gasteiger partial charge >= 0.3 is 502 Å². The van der Waals surface area contributed by atoms with Crippen molar-refractivity contribution in [1.29, 1.82) is 0 Å². The van der Waals surface area contributed by atoms with Crippen molar-refractivity contribution in [2.24, 2.45) is 0 Å². The summed E-state index contributed by atoms with van der Waals surface area (Å²) in [4.78, 5) is 58.4. The van der Waals surface area contributed by atoms with Crippen LogP contribution < -0.4 is 32.2 Å². The van der Waals surface area contributed by atoms with Gasteiger partial charge < -0.3 is 0 Å². The number of aromatic nitrogens is 5. The SMILES string of the molecule is COc1ccc2c[c]([Sn]([CH3])([CH3])[CH3])cnc2c1.COc1ccc2c[c]([Sn]([CH3])([CH3])[CH3])cnc2c1OC.[CH3][Sn]([CH3])([CH3])[c]1cc2ccccc2cn1.[CH3][Sn]([CH3])([CH3])[c]1cnc2cc(Cl)c(Cl)cc2c1.[CH3][Sn]([CH3])([CH3])[c]1cncc2ccccc12. The van der Waals surface area contributed by atoms with Gasteiger partial charge in [-0.1, -0.05) is 0 Å². The molecule has 0 spiro atoms. The van der Waals surface area contributed by atoms with Crippen LogP contribution in [0.4, 0.5) is 0 Å². The number of ether oxygens (including phenoxy) is 3. The second-order valence-corrected chi connectivity index (χ2v) is 97.6. The fraction of sp³-hybridized carbons (Fsp3) is 0.286.